The molecule has 0 saturated carbocycles. The number of thioether (sulfide) groups is 1. The number of sulfonamides is 1. The maximum atomic E-state index is 12.5. The van der Waals surface area contributed by atoms with Gasteiger partial charge < -0.3 is 4.42 Å². The van der Waals surface area contributed by atoms with E-state index in [4.69, 9.17) is 16.0 Å². The van der Waals surface area contributed by atoms with Crippen LogP contribution >= 0.6 is 23.4 Å². The van der Waals surface area contributed by atoms with Crippen molar-refractivity contribution < 1.29 is 12.8 Å². The standard InChI is InChI=1S/C14H11ClN2O4S2/c1-22-9-4-2-3-8(5-9)17-23(19,20)13-7-12-11(6-10(13)15)16-14(18)21-12/h2-7,17H,1H3,(H,16,18). The number of oxazole rings is 1. The smallest absolute Gasteiger partial charge is 0.408 e. The van der Waals surface area contributed by atoms with Crippen LogP contribution in [0.1, 0.15) is 0 Å². The van der Waals surface area contributed by atoms with Crippen molar-refractivity contribution in [1.29, 1.82) is 0 Å². The van der Waals surface area contributed by atoms with Gasteiger partial charge in [0.25, 0.3) is 10.0 Å². The third kappa shape index (κ3) is 3.24. The van der Waals surface area contributed by atoms with Crippen LogP contribution in [0, 0.1) is 0 Å². The molecule has 0 aliphatic heterocycles. The molecule has 0 saturated heterocycles. The topological polar surface area (TPSA) is 92.2 Å². The van der Waals surface area contributed by atoms with Crippen molar-refractivity contribution in [3.63, 3.8) is 0 Å². The highest BCUT2D eigenvalue weighted by Crippen LogP contribution is 2.28. The zero-order valence-electron chi connectivity index (χ0n) is 11.8. The van der Waals surface area contributed by atoms with Gasteiger partial charge in [0.2, 0.25) is 0 Å². The first-order valence-corrected chi connectivity index (χ1v) is 9.47. The normalized spacial score (nSPS) is 11.7. The zero-order chi connectivity index (χ0) is 16.6. The summed E-state index contributed by atoms with van der Waals surface area (Å²) in [6.07, 6.45) is 1.90. The second-order valence-corrected chi connectivity index (χ2v) is 7.57. The van der Waals surface area contributed by atoms with Gasteiger partial charge in [-0.05, 0) is 30.5 Å². The summed E-state index contributed by atoms with van der Waals surface area (Å²) in [4.78, 5) is 14.4. The zero-order valence-corrected chi connectivity index (χ0v) is 14.2. The predicted octanol–water partition coefficient (Wildman–Crippen LogP) is 3.30. The number of hydrogen-bond donors (Lipinski definition) is 2. The van der Waals surface area contributed by atoms with Crippen LogP contribution in [0.4, 0.5) is 5.69 Å². The summed E-state index contributed by atoms with van der Waals surface area (Å²) < 4.78 is 32.4. The number of aromatic amines is 1. The van der Waals surface area contributed by atoms with Crippen LogP contribution in [-0.4, -0.2) is 19.7 Å². The van der Waals surface area contributed by atoms with Crippen LogP contribution in [0.2, 0.25) is 5.02 Å². The lowest BCUT2D eigenvalue weighted by Gasteiger charge is -2.10. The van der Waals surface area contributed by atoms with Crippen molar-refractivity contribution >= 4 is 50.2 Å². The molecule has 0 aliphatic carbocycles. The van der Waals surface area contributed by atoms with E-state index in [1.54, 1.807) is 18.2 Å². The van der Waals surface area contributed by atoms with Gasteiger partial charge in [0.1, 0.15) is 4.90 Å². The first-order valence-electron chi connectivity index (χ1n) is 6.38. The lowest BCUT2D eigenvalue weighted by atomic mass is 10.3. The van der Waals surface area contributed by atoms with Crippen molar-refractivity contribution in [3.05, 3.63) is 52.0 Å². The molecule has 3 aromatic rings. The molecule has 2 aromatic carbocycles. The first kappa shape index (κ1) is 16.0. The minimum atomic E-state index is -3.92. The molecular formula is C14H11ClN2O4S2. The summed E-state index contributed by atoms with van der Waals surface area (Å²) in [5.41, 5.74) is 0.879. The van der Waals surface area contributed by atoms with Crippen molar-refractivity contribution in [2.24, 2.45) is 0 Å². The number of rotatable bonds is 4. The highest BCUT2D eigenvalue weighted by Gasteiger charge is 2.20. The first-order chi connectivity index (χ1) is 10.9. The predicted molar refractivity (Wildman–Crippen MR) is 90.9 cm³/mol. The molecule has 0 spiro atoms. The molecule has 6 nitrogen and oxygen atoms in total. The molecule has 1 aromatic heterocycles. The molecular weight excluding hydrogens is 360 g/mol. The van der Waals surface area contributed by atoms with Gasteiger partial charge in [0.15, 0.2) is 5.58 Å². The van der Waals surface area contributed by atoms with E-state index in [9.17, 15) is 13.2 Å². The monoisotopic (exact) mass is 370 g/mol. The second kappa shape index (κ2) is 5.95. The number of halogens is 1. The van der Waals surface area contributed by atoms with Gasteiger partial charge in [-0.2, -0.15) is 0 Å². The summed E-state index contributed by atoms with van der Waals surface area (Å²) in [7, 11) is -3.92. The van der Waals surface area contributed by atoms with Gasteiger partial charge in [-0.1, -0.05) is 17.7 Å². The largest absolute Gasteiger partial charge is 0.417 e. The fraction of sp³-hybridized carbons (Fsp3) is 0.0714. The van der Waals surface area contributed by atoms with E-state index >= 15 is 0 Å². The van der Waals surface area contributed by atoms with Gasteiger partial charge >= 0.3 is 5.76 Å². The Bertz CT molecular complexity index is 1040. The minimum Gasteiger partial charge on any atom is -0.408 e. The Morgan fingerprint density at radius 3 is 2.78 bits per heavy atom. The Balaban J connectivity index is 2.04. The van der Waals surface area contributed by atoms with Gasteiger partial charge in [-0.15, -0.1) is 11.8 Å². The van der Waals surface area contributed by atoms with Crippen LogP contribution < -0.4 is 10.5 Å². The highest BCUT2D eigenvalue weighted by atomic mass is 35.5. The third-order valence-corrected chi connectivity index (χ3v) is 5.66. The van der Waals surface area contributed by atoms with Crippen molar-refractivity contribution in [1.82, 2.24) is 4.98 Å². The average molecular weight is 371 g/mol. The number of fused-ring (bicyclic) bond motifs is 1. The number of hydrogen-bond acceptors (Lipinski definition) is 5. The van der Waals surface area contributed by atoms with Crippen molar-refractivity contribution in [3.8, 4) is 0 Å². The Morgan fingerprint density at radius 2 is 2.04 bits per heavy atom. The summed E-state index contributed by atoms with van der Waals surface area (Å²) in [5, 5.41) is -0.0110. The van der Waals surface area contributed by atoms with Crippen LogP contribution in [0.15, 0.2) is 55.4 Å². The fourth-order valence-corrected chi connectivity index (χ4v) is 4.11. The number of anilines is 1. The summed E-state index contributed by atoms with van der Waals surface area (Å²) >= 11 is 7.53. The molecule has 120 valence electrons. The molecule has 0 atom stereocenters. The number of aromatic nitrogens is 1. The van der Waals surface area contributed by atoms with E-state index in [0.717, 1.165) is 4.90 Å². The molecule has 0 unspecified atom stereocenters. The second-order valence-electron chi connectivity index (χ2n) is 4.63. The van der Waals surface area contributed by atoms with Crippen LogP contribution in [-0.2, 0) is 10.0 Å². The molecule has 1 heterocycles. The molecule has 2 N–H and O–H groups in total. The molecule has 0 aliphatic rings. The Hall–Kier alpha value is -1.90. The van der Waals surface area contributed by atoms with E-state index in [2.05, 4.69) is 9.71 Å². The molecule has 23 heavy (non-hydrogen) atoms. The Kier molecular flexibility index (Phi) is 4.13. The van der Waals surface area contributed by atoms with E-state index in [-0.39, 0.29) is 15.5 Å². The van der Waals surface area contributed by atoms with Gasteiger partial charge in [-0.25, -0.2) is 13.2 Å². The van der Waals surface area contributed by atoms with Gasteiger partial charge in [0.05, 0.1) is 10.5 Å². The maximum absolute atomic E-state index is 12.5. The highest BCUT2D eigenvalue weighted by molar-refractivity contribution is 7.98. The van der Waals surface area contributed by atoms with E-state index in [1.165, 1.54) is 23.9 Å². The van der Waals surface area contributed by atoms with E-state index in [1.807, 2.05) is 12.3 Å². The van der Waals surface area contributed by atoms with Crippen molar-refractivity contribution in [2.75, 3.05) is 11.0 Å². The minimum absolute atomic E-state index is 0.0110. The molecule has 0 amide bonds. The number of benzene rings is 2. The quantitative estimate of drug-likeness (QED) is 0.687. The van der Waals surface area contributed by atoms with Crippen LogP contribution in [0.5, 0.6) is 0 Å². The molecule has 0 fully saturated rings. The Morgan fingerprint density at radius 1 is 1.26 bits per heavy atom. The third-order valence-electron chi connectivity index (χ3n) is 3.08. The van der Waals surface area contributed by atoms with E-state index < -0.39 is 15.8 Å². The SMILES string of the molecule is CSc1cccc(NS(=O)(=O)c2cc3oc(=O)[nH]c3cc2Cl)c1. The summed E-state index contributed by atoms with van der Waals surface area (Å²) in [6, 6.07) is 9.53. The maximum Gasteiger partial charge on any atom is 0.417 e. The molecule has 9 heteroatoms. The van der Waals surface area contributed by atoms with Gasteiger partial charge in [-0.3, -0.25) is 9.71 Å². The number of H-pyrrole nitrogens is 1. The van der Waals surface area contributed by atoms with Crippen molar-refractivity contribution in [2.45, 2.75) is 9.79 Å². The van der Waals surface area contributed by atoms with E-state index in [0.29, 0.717) is 11.2 Å². The van der Waals surface area contributed by atoms with Crippen LogP contribution in [0.25, 0.3) is 11.1 Å². The lowest BCUT2D eigenvalue weighted by molar-refractivity contribution is 0.554. The van der Waals surface area contributed by atoms with Crippen LogP contribution in [0.3, 0.4) is 0 Å². The lowest BCUT2D eigenvalue weighted by Crippen LogP contribution is -2.13. The molecule has 0 radical (unpaired) electrons. The van der Waals surface area contributed by atoms with Gasteiger partial charge in [0, 0.05) is 16.6 Å². The molecule has 0 bridgehead atoms. The number of nitrogens with one attached hydrogen (secondary N) is 2. The Labute approximate surface area is 140 Å². The fourth-order valence-electron chi connectivity index (χ4n) is 2.05. The summed E-state index contributed by atoms with van der Waals surface area (Å²) in [6.45, 7) is 0. The summed E-state index contributed by atoms with van der Waals surface area (Å²) in [5.74, 6) is -0.675. The molecule has 3 rings (SSSR count). The average Bonchev–Trinajstić information content (AvgIpc) is 2.85.